The van der Waals surface area contributed by atoms with E-state index in [2.05, 4.69) is 9.88 Å². The minimum atomic E-state index is -0.523. The van der Waals surface area contributed by atoms with Crippen molar-refractivity contribution in [1.29, 1.82) is 0 Å². The van der Waals surface area contributed by atoms with Crippen molar-refractivity contribution in [2.75, 3.05) is 32.7 Å². The van der Waals surface area contributed by atoms with Gasteiger partial charge >= 0.3 is 5.97 Å². The van der Waals surface area contributed by atoms with Gasteiger partial charge in [-0.2, -0.15) is 0 Å². The van der Waals surface area contributed by atoms with Crippen LogP contribution in [0.15, 0.2) is 30.3 Å². The van der Waals surface area contributed by atoms with E-state index < -0.39 is 5.97 Å². The maximum Gasteiger partial charge on any atom is 0.340 e. The third-order valence-corrected chi connectivity index (χ3v) is 4.38. The number of nitrogens with zero attached hydrogens (tertiary/aromatic N) is 1. The number of hydrogen-bond acceptors (Lipinski definition) is 5. The van der Waals surface area contributed by atoms with Crippen LogP contribution < -0.4 is 5.32 Å². The molecule has 1 aromatic heterocycles. The van der Waals surface area contributed by atoms with Gasteiger partial charge in [0.25, 0.3) is 0 Å². The number of aryl methyl sites for hydroxylation is 1. The smallest absolute Gasteiger partial charge is 0.340 e. The Kier molecular flexibility index (Phi) is 6.58. The van der Waals surface area contributed by atoms with E-state index in [1.807, 2.05) is 32.9 Å². The molecule has 0 saturated heterocycles. The van der Waals surface area contributed by atoms with Crippen LogP contribution in [0.2, 0.25) is 0 Å². The second-order valence-electron chi connectivity index (χ2n) is 6.25. The zero-order valence-corrected chi connectivity index (χ0v) is 16.0. The number of hydrogen-bond donors (Lipinski definition) is 1. The van der Waals surface area contributed by atoms with Gasteiger partial charge in [-0.25, -0.2) is 4.79 Å². The minimum Gasteiger partial charge on any atom is -0.454 e. The molecule has 0 aliphatic rings. The molecular formula is C20H26N2O4. The molecule has 0 bridgehead atoms. The summed E-state index contributed by atoms with van der Waals surface area (Å²) in [5, 5.41) is 2.94. The van der Waals surface area contributed by atoms with E-state index in [1.165, 1.54) is 0 Å². The summed E-state index contributed by atoms with van der Waals surface area (Å²) in [5.41, 5.74) is 3.46. The van der Waals surface area contributed by atoms with Gasteiger partial charge in [0.05, 0.1) is 18.2 Å². The first-order valence-electron chi connectivity index (χ1n) is 8.55. The highest BCUT2D eigenvalue weighted by atomic mass is 16.5. The average Bonchev–Trinajstić information content (AvgIpc) is 2.93. The van der Waals surface area contributed by atoms with Crippen LogP contribution in [0, 0.1) is 13.8 Å². The number of aromatic nitrogens is 1. The fourth-order valence-corrected chi connectivity index (χ4v) is 3.22. The van der Waals surface area contributed by atoms with Crippen molar-refractivity contribution in [1.82, 2.24) is 4.57 Å². The molecular weight excluding hydrogens is 332 g/mol. The first-order chi connectivity index (χ1) is 12.4. The molecule has 0 fully saturated rings. The number of esters is 1. The number of nitrogens with one attached hydrogen (secondary N) is 1. The van der Waals surface area contributed by atoms with Crippen molar-refractivity contribution < 1.29 is 19.1 Å². The number of methoxy groups -OCH3 is 1. The Bertz CT molecular complexity index is 795. The molecule has 1 atom stereocenters. The molecule has 0 amide bonds. The number of Topliss-reactive ketones (excluding diaryl/α,β-unsaturated/α-hetero) is 1. The second kappa shape index (κ2) is 8.67. The monoisotopic (exact) mass is 358 g/mol. The Morgan fingerprint density at radius 2 is 1.88 bits per heavy atom. The predicted molar refractivity (Wildman–Crippen MR) is 101 cm³/mol. The van der Waals surface area contributed by atoms with Gasteiger partial charge in [-0.05, 0) is 39.0 Å². The number of carbonyl (C=O) groups is 2. The molecule has 0 aliphatic heterocycles. The van der Waals surface area contributed by atoms with Crippen molar-refractivity contribution in [3.8, 4) is 0 Å². The molecule has 6 nitrogen and oxygen atoms in total. The average molecular weight is 358 g/mol. The van der Waals surface area contributed by atoms with Gasteiger partial charge in [0.2, 0.25) is 5.78 Å². The van der Waals surface area contributed by atoms with Gasteiger partial charge < -0.3 is 19.4 Å². The summed E-state index contributed by atoms with van der Waals surface area (Å²) in [4.78, 5) is 24.8. The summed E-state index contributed by atoms with van der Waals surface area (Å²) < 4.78 is 12.5. The van der Waals surface area contributed by atoms with Crippen LogP contribution in [0.5, 0.6) is 0 Å². The van der Waals surface area contributed by atoms with E-state index >= 15 is 0 Å². The fourth-order valence-electron chi connectivity index (χ4n) is 3.22. The van der Waals surface area contributed by atoms with Gasteiger partial charge in [0, 0.05) is 36.8 Å². The topological polar surface area (TPSA) is 69.6 Å². The molecule has 26 heavy (non-hydrogen) atoms. The molecule has 6 heteroatoms. The lowest BCUT2D eigenvalue weighted by molar-refractivity contribution is 0.0475. The fraction of sp³-hybridized carbons (Fsp3) is 0.400. The van der Waals surface area contributed by atoms with Crippen molar-refractivity contribution in [2.45, 2.75) is 26.8 Å². The Balaban J connectivity index is 2.11. The Morgan fingerprint density at radius 1 is 1.19 bits per heavy atom. The first kappa shape index (κ1) is 19.7. The standard InChI is InChI=1S/C20H26N2O4/c1-13-10-17(15(3)22(13)14(2)11-25-5)19(23)12-26-20(24)16-8-6-7-9-18(16)21-4/h6-10,14,21H,11-12H2,1-5H3/t14-/m1/s1. The van der Waals surface area contributed by atoms with Crippen LogP contribution in [0.1, 0.15) is 45.1 Å². The molecule has 1 heterocycles. The normalized spacial score (nSPS) is 11.9. The van der Waals surface area contributed by atoms with Crippen LogP contribution in [0.25, 0.3) is 0 Å². The molecule has 0 aliphatic carbocycles. The highest BCUT2D eigenvalue weighted by Crippen LogP contribution is 2.22. The molecule has 0 unspecified atom stereocenters. The zero-order chi connectivity index (χ0) is 19.3. The van der Waals surface area contributed by atoms with E-state index in [4.69, 9.17) is 9.47 Å². The van der Waals surface area contributed by atoms with Crippen LogP contribution in [-0.4, -0.2) is 43.7 Å². The number of anilines is 1. The molecule has 0 radical (unpaired) electrons. The number of ether oxygens (including phenoxy) is 2. The maximum atomic E-state index is 12.6. The van der Waals surface area contributed by atoms with E-state index in [0.29, 0.717) is 23.4 Å². The van der Waals surface area contributed by atoms with E-state index in [0.717, 1.165) is 11.4 Å². The number of carbonyl (C=O) groups excluding carboxylic acids is 2. The third-order valence-electron chi connectivity index (χ3n) is 4.38. The largest absolute Gasteiger partial charge is 0.454 e. The molecule has 2 aromatic rings. The third kappa shape index (κ3) is 4.14. The molecule has 0 saturated carbocycles. The first-order valence-corrected chi connectivity index (χ1v) is 8.55. The van der Waals surface area contributed by atoms with Gasteiger partial charge in [-0.3, -0.25) is 4.79 Å². The van der Waals surface area contributed by atoms with Gasteiger partial charge in [-0.15, -0.1) is 0 Å². The maximum absolute atomic E-state index is 12.6. The van der Waals surface area contributed by atoms with Gasteiger partial charge in [0.1, 0.15) is 0 Å². The highest BCUT2D eigenvalue weighted by molar-refractivity contribution is 6.01. The SMILES string of the molecule is CNc1ccccc1C(=O)OCC(=O)c1cc(C)n([C@H](C)COC)c1C. The molecule has 140 valence electrons. The summed E-state index contributed by atoms with van der Waals surface area (Å²) in [6.45, 7) is 6.14. The highest BCUT2D eigenvalue weighted by Gasteiger charge is 2.20. The summed E-state index contributed by atoms with van der Waals surface area (Å²) >= 11 is 0. The van der Waals surface area contributed by atoms with Crippen LogP contribution in [0.3, 0.4) is 0 Å². The molecule has 2 rings (SSSR count). The molecule has 1 aromatic carbocycles. The Labute approximate surface area is 154 Å². The van der Waals surface area contributed by atoms with Crippen LogP contribution in [-0.2, 0) is 9.47 Å². The minimum absolute atomic E-state index is 0.117. The summed E-state index contributed by atoms with van der Waals surface area (Å²) in [5.74, 6) is -0.742. The summed E-state index contributed by atoms with van der Waals surface area (Å²) in [6, 6.07) is 8.97. The number of benzene rings is 1. The van der Waals surface area contributed by atoms with Gasteiger partial charge in [0.15, 0.2) is 6.61 Å². The number of rotatable bonds is 8. The lowest BCUT2D eigenvalue weighted by Crippen LogP contribution is -2.17. The van der Waals surface area contributed by atoms with Crippen molar-refractivity contribution >= 4 is 17.4 Å². The zero-order valence-electron chi connectivity index (χ0n) is 16.0. The van der Waals surface area contributed by atoms with Crippen molar-refractivity contribution in [3.05, 3.63) is 52.8 Å². The summed E-state index contributed by atoms with van der Waals surface area (Å²) in [6.07, 6.45) is 0. The van der Waals surface area contributed by atoms with E-state index in [9.17, 15) is 9.59 Å². The quantitative estimate of drug-likeness (QED) is 0.579. The van der Waals surface area contributed by atoms with Crippen molar-refractivity contribution in [3.63, 3.8) is 0 Å². The van der Waals surface area contributed by atoms with E-state index in [1.54, 1.807) is 32.4 Å². The lowest BCUT2D eigenvalue weighted by Gasteiger charge is -2.17. The summed E-state index contributed by atoms with van der Waals surface area (Å²) in [7, 11) is 3.38. The number of para-hydroxylation sites is 1. The Hall–Kier alpha value is -2.60. The van der Waals surface area contributed by atoms with E-state index in [-0.39, 0.29) is 18.4 Å². The lowest BCUT2D eigenvalue weighted by atomic mass is 10.1. The molecule has 1 N–H and O–H groups in total. The van der Waals surface area contributed by atoms with Gasteiger partial charge in [-0.1, -0.05) is 12.1 Å². The van der Waals surface area contributed by atoms with Crippen molar-refractivity contribution in [2.24, 2.45) is 0 Å². The molecule has 0 spiro atoms. The predicted octanol–water partition coefficient (Wildman–Crippen LogP) is 3.39. The van der Waals surface area contributed by atoms with Crippen LogP contribution >= 0.6 is 0 Å². The second-order valence-corrected chi connectivity index (χ2v) is 6.25. The Morgan fingerprint density at radius 3 is 2.54 bits per heavy atom. The number of ketones is 1. The van der Waals surface area contributed by atoms with Crippen LogP contribution in [0.4, 0.5) is 5.69 Å².